The fourth-order valence-corrected chi connectivity index (χ4v) is 3.60. The normalized spacial score (nSPS) is 24.0. The molecule has 0 aliphatic carbocycles. The van der Waals surface area contributed by atoms with E-state index >= 15 is 0 Å². The summed E-state index contributed by atoms with van der Waals surface area (Å²) < 4.78 is 0. The van der Waals surface area contributed by atoms with Crippen molar-refractivity contribution in [3.63, 3.8) is 0 Å². The molecule has 2 aliphatic heterocycles. The van der Waals surface area contributed by atoms with E-state index in [1.165, 1.54) is 12.0 Å². The molecule has 0 unspecified atom stereocenters. The number of nitrogens with zero attached hydrogens (tertiary/aromatic N) is 2. The third kappa shape index (κ3) is 3.62. The van der Waals surface area contributed by atoms with Crippen LogP contribution in [0.3, 0.4) is 0 Å². The Morgan fingerprint density at radius 1 is 1.29 bits per heavy atom. The van der Waals surface area contributed by atoms with Crippen molar-refractivity contribution in [3.8, 4) is 0 Å². The van der Waals surface area contributed by atoms with Crippen LogP contribution in [0.25, 0.3) is 0 Å². The lowest BCUT2D eigenvalue weighted by Gasteiger charge is -2.37. The predicted molar refractivity (Wildman–Crippen MR) is 82.8 cm³/mol. The molecule has 3 heterocycles. The zero-order valence-corrected chi connectivity index (χ0v) is 12.6. The lowest BCUT2D eigenvalue weighted by atomic mass is 9.91. The molecule has 2 aliphatic rings. The van der Waals surface area contributed by atoms with Gasteiger partial charge in [0.2, 0.25) is 5.91 Å². The minimum Gasteiger partial charge on any atom is -0.336 e. The van der Waals surface area contributed by atoms with Gasteiger partial charge in [-0.25, -0.2) is 0 Å². The van der Waals surface area contributed by atoms with Crippen LogP contribution in [-0.2, 0) is 4.79 Å². The number of carbonyl (C=O) groups excluding carboxylic acids is 1. The number of carbonyl (C=O) groups is 1. The highest BCUT2D eigenvalue weighted by Gasteiger charge is 2.29. The van der Waals surface area contributed by atoms with Crippen molar-refractivity contribution in [1.82, 2.24) is 15.2 Å². The molecule has 4 nitrogen and oxygen atoms in total. The van der Waals surface area contributed by atoms with E-state index in [-0.39, 0.29) is 6.04 Å². The van der Waals surface area contributed by atoms with Gasteiger partial charge in [-0.2, -0.15) is 0 Å². The minimum atomic E-state index is 0.238. The highest BCUT2D eigenvalue weighted by Crippen LogP contribution is 2.32. The summed E-state index contributed by atoms with van der Waals surface area (Å²) in [4.78, 5) is 19.1. The van der Waals surface area contributed by atoms with Gasteiger partial charge in [-0.1, -0.05) is 6.07 Å². The second-order valence-corrected chi connectivity index (χ2v) is 6.28. The Morgan fingerprint density at radius 3 is 2.90 bits per heavy atom. The molecule has 0 aromatic carbocycles. The summed E-state index contributed by atoms with van der Waals surface area (Å²) in [6.07, 6.45) is 10.1. The molecule has 1 amide bonds. The third-order valence-electron chi connectivity index (χ3n) is 4.81. The number of pyridine rings is 1. The Labute approximate surface area is 126 Å². The van der Waals surface area contributed by atoms with E-state index in [0.29, 0.717) is 11.8 Å². The van der Waals surface area contributed by atoms with Gasteiger partial charge in [-0.15, -0.1) is 0 Å². The lowest BCUT2D eigenvalue weighted by molar-refractivity contribution is -0.136. The maximum absolute atomic E-state index is 12.7. The first-order valence-corrected chi connectivity index (χ1v) is 8.24. The van der Waals surface area contributed by atoms with E-state index in [1.54, 1.807) is 6.20 Å². The van der Waals surface area contributed by atoms with E-state index in [4.69, 9.17) is 0 Å². The van der Waals surface area contributed by atoms with Crippen LogP contribution in [0.15, 0.2) is 24.5 Å². The fraction of sp³-hybridized carbons (Fsp3) is 0.647. The number of nitrogens with one attached hydrogen (secondary N) is 1. The molecule has 2 saturated heterocycles. The summed E-state index contributed by atoms with van der Waals surface area (Å²) >= 11 is 0. The van der Waals surface area contributed by atoms with Crippen molar-refractivity contribution < 1.29 is 4.79 Å². The minimum absolute atomic E-state index is 0.238. The van der Waals surface area contributed by atoms with Crippen molar-refractivity contribution >= 4 is 5.91 Å². The molecule has 4 heteroatoms. The Kier molecular flexibility index (Phi) is 4.86. The van der Waals surface area contributed by atoms with Crippen LogP contribution >= 0.6 is 0 Å². The maximum Gasteiger partial charge on any atom is 0.223 e. The first kappa shape index (κ1) is 14.5. The number of hydrogen-bond donors (Lipinski definition) is 1. The van der Waals surface area contributed by atoms with Crippen LogP contribution < -0.4 is 5.32 Å². The van der Waals surface area contributed by atoms with Crippen LogP contribution in [0.5, 0.6) is 0 Å². The summed E-state index contributed by atoms with van der Waals surface area (Å²) in [6.45, 7) is 3.03. The molecule has 21 heavy (non-hydrogen) atoms. The van der Waals surface area contributed by atoms with Gasteiger partial charge in [0.15, 0.2) is 0 Å². The fourth-order valence-electron chi connectivity index (χ4n) is 3.60. The summed E-state index contributed by atoms with van der Waals surface area (Å²) in [5.74, 6) is 0.908. The van der Waals surface area contributed by atoms with Crippen molar-refractivity contribution in [2.75, 3.05) is 19.6 Å². The summed E-state index contributed by atoms with van der Waals surface area (Å²) in [7, 11) is 0. The summed E-state index contributed by atoms with van der Waals surface area (Å²) in [5, 5.41) is 3.37. The highest BCUT2D eigenvalue weighted by atomic mass is 16.2. The van der Waals surface area contributed by atoms with Crippen LogP contribution in [0.1, 0.15) is 50.1 Å². The van der Waals surface area contributed by atoms with E-state index in [1.807, 2.05) is 12.3 Å². The smallest absolute Gasteiger partial charge is 0.223 e. The highest BCUT2D eigenvalue weighted by molar-refractivity contribution is 5.77. The number of amides is 1. The summed E-state index contributed by atoms with van der Waals surface area (Å²) in [6, 6.07) is 4.31. The molecule has 1 N–H and O–H groups in total. The Balaban J connectivity index is 1.67. The molecule has 1 atom stereocenters. The van der Waals surface area contributed by atoms with Gasteiger partial charge in [-0.05, 0) is 62.7 Å². The third-order valence-corrected chi connectivity index (χ3v) is 4.81. The molecule has 0 bridgehead atoms. The number of likely N-dealkylation sites (tertiary alicyclic amines) is 1. The second-order valence-electron chi connectivity index (χ2n) is 6.28. The number of piperidine rings is 2. The van der Waals surface area contributed by atoms with Crippen molar-refractivity contribution in [3.05, 3.63) is 30.1 Å². The molecular weight excluding hydrogens is 262 g/mol. The largest absolute Gasteiger partial charge is 0.336 e. The van der Waals surface area contributed by atoms with Crippen molar-refractivity contribution in [2.45, 2.75) is 44.6 Å². The van der Waals surface area contributed by atoms with E-state index < -0.39 is 0 Å². The Bertz CT molecular complexity index is 456. The molecule has 1 aromatic rings. The van der Waals surface area contributed by atoms with E-state index in [9.17, 15) is 4.79 Å². The number of hydrogen-bond acceptors (Lipinski definition) is 3. The van der Waals surface area contributed by atoms with Gasteiger partial charge >= 0.3 is 0 Å². The molecule has 3 rings (SSSR count). The molecular formula is C17H25N3O. The molecule has 0 radical (unpaired) electrons. The zero-order valence-electron chi connectivity index (χ0n) is 12.6. The van der Waals surface area contributed by atoms with Crippen LogP contribution in [0.2, 0.25) is 0 Å². The van der Waals surface area contributed by atoms with E-state index in [0.717, 1.165) is 51.7 Å². The van der Waals surface area contributed by atoms with Gasteiger partial charge in [0.05, 0.1) is 6.04 Å². The van der Waals surface area contributed by atoms with E-state index in [2.05, 4.69) is 21.3 Å². The molecule has 2 fully saturated rings. The first-order chi connectivity index (χ1) is 10.3. The van der Waals surface area contributed by atoms with Crippen molar-refractivity contribution in [1.29, 1.82) is 0 Å². The maximum atomic E-state index is 12.7. The topological polar surface area (TPSA) is 45.2 Å². The molecule has 0 spiro atoms. The first-order valence-electron chi connectivity index (χ1n) is 8.24. The summed E-state index contributed by atoms with van der Waals surface area (Å²) in [5.41, 5.74) is 1.19. The second kappa shape index (κ2) is 7.03. The molecule has 0 saturated carbocycles. The lowest BCUT2D eigenvalue weighted by Crippen LogP contribution is -2.40. The average Bonchev–Trinajstić information content (AvgIpc) is 2.56. The number of rotatable bonds is 3. The van der Waals surface area contributed by atoms with Gasteiger partial charge < -0.3 is 10.2 Å². The SMILES string of the molecule is O=C(CC1CCNCC1)N1CCCC[C@H]1c1cccnc1. The van der Waals surface area contributed by atoms with Gasteiger partial charge in [0, 0.05) is 25.4 Å². The van der Waals surface area contributed by atoms with Crippen LogP contribution in [-0.4, -0.2) is 35.4 Å². The molecule has 1 aromatic heterocycles. The Hall–Kier alpha value is -1.42. The molecule has 114 valence electrons. The number of aromatic nitrogens is 1. The van der Waals surface area contributed by atoms with Gasteiger partial charge in [0.1, 0.15) is 0 Å². The Morgan fingerprint density at radius 2 is 2.14 bits per heavy atom. The quantitative estimate of drug-likeness (QED) is 0.929. The van der Waals surface area contributed by atoms with Gasteiger partial charge in [0.25, 0.3) is 0 Å². The average molecular weight is 287 g/mol. The van der Waals surface area contributed by atoms with Crippen LogP contribution in [0, 0.1) is 5.92 Å². The predicted octanol–water partition coefficient (Wildman–Crippen LogP) is 2.52. The standard InChI is InChI=1S/C17H25N3O/c21-17(12-14-6-9-18-10-7-14)20-11-2-1-5-16(20)15-4-3-8-19-13-15/h3-4,8,13-14,16,18H,1-2,5-7,9-12H2/t16-/m0/s1. The van der Waals surface area contributed by atoms with Crippen LogP contribution in [0.4, 0.5) is 0 Å². The zero-order chi connectivity index (χ0) is 14.5. The monoisotopic (exact) mass is 287 g/mol. The van der Waals surface area contributed by atoms with Gasteiger partial charge in [-0.3, -0.25) is 9.78 Å². The van der Waals surface area contributed by atoms with Crippen molar-refractivity contribution in [2.24, 2.45) is 5.92 Å².